The predicted molar refractivity (Wildman–Crippen MR) is 92.4 cm³/mol. The van der Waals surface area contributed by atoms with Gasteiger partial charge in [0.1, 0.15) is 17.2 Å². The Hall–Kier alpha value is -2.76. The number of Topliss-reactive ketones (excluding diaryl/α,β-unsaturated/α-hetero) is 1. The van der Waals surface area contributed by atoms with Gasteiger partial charge in [0.25, 0.3) is 5.91 Å². The maximum Gasteiger partial charge on any atom is 0.272 e. The number of aromatic amines is 1. The van der Waals surface area contributed by atoms with Gasteiger partial charge in [0.05, 0.1) is 19.4 Å². The highest BCUT2D eigenvalue weighted by Crippen LogP contribution is 2.30. The van der Waals surface area contributed by atoms with Crippen molar-refractivity contribution in [1.29, 1.82) is 0 Å². The lowest BCUT2D eigenvalue weighted by atomic mass is 10.1. The number of nitrogens with one attached hydrogen (secondary N) is 2. The number of hydrogen-bond donors (Lipinski definition) is 2. The Kier molecular flexibility index (Phi) is 5.28. The van der Waals surface area contributed by atoms with Crippen molar-refractivity contribution >= 4 is 17.4 Å². The van der Waals surface area contributed by atoms with Gasteiger partial charge in [-0.3, -0.25) is 9.59 Å². The SMILES string of the molecule is CCOc1ccc(OC)cc1NC(=O)c1[nH]c(C)c(C(C)=O)c1C. The second-order valence-corrected chi connectivity index (χ2v) is 5.43. The number of carbonyl (C=O) groups excluding carboxylic acids is 2. The Morgan fingerprint density at radius 1 is 1.25 bits per heavy atom. The van der Waals surface area contributed by atoms with Crippen molar-refractivity contribution < 1.29 is 19.1 Å². The molecule has 24 heavy (non-hydrogen) atoms. The molecule has 1 aromatic carbocycles. The molecule has 6 heteroatoms. The van der Waals surface area contributed by atoms with Gasteiger partial charge in [0, 0.05) is 17.3 Å². The summed E-state index contributed by atoms with van der Waals surface area (Å²) < 4.78 is 10.7. The van der Waals surface area contributed by atoms with Crippen LogP contribution in [0.2, 0.25) is 0 Å². The normalized spacial score (nSPS) is 10.4. The molecular weight excluding hydrogens is 308 g/mol. The molecule has 0 saturated heterocycles. The summed E-state index contributed by atoms with van der Waals surface area (Å²) in [6, 6.07) is 5.20. The topological polar surface area (TPSA) is 80.4 Å². The Balaban J connectivity index is 2.36. The first-order valence-corrected chi connectivity index (χ1v) is 7.71. The summed E-state index contributed by atoms with van der Waals surface area (Å²) in [5, 5.41) is 2.82. The number of aryl methyl sites for hydroxylation is 1. The van der Waals surface area contributed by atoms with Crippen LogP contribution in [0.5, 0.6) is 11.5 Å². The maximum absolute atomic E-state index is 12.6. The molecule has 2 N–H and O–H groups in total. The maximum atomic E-state index is 12.6. The second kappa shape index (κ2) is 7.21. The molecule has 0 aliphatic carbocycles. The molecule has 2 rings (SSSR count). The largest absolute Gasteiger partial charge is 0.497 e. The van der Waals surface area contributed by atoms with Gasteiger partial charge in [-0.1, -0.05) is 0 Å². The lowest BCUT2D eigenvalue weighted by Gasteiger charge is -2.13. The Bertz CT molecular complexity index is 778. The fraction of sp³-hybridized carbons (Fsp3) is 0.333. The van der Waals surface area contributed by atoms with Gasteiger partial charge >= 0.3 is 0 Å². The first kappa shape index (κ1) is 17.6. The Morgan fingerprint density at radius 2 is 1.96 bits per heavy atom. The number of ketones is 1. The molecule has 6 nitrogen and oxygen atoms in total. The van der Waals surface area contributed by atoms with Gasteiger partial charge in [-0.2, -0.15) is 0 Å². The van der Waals surface area contributed by atoms with Crippen LogP contribution in [0.25, 0.3) is 0 Å². The number of methoxy groups -OCH3 is 1. The molecule has 0 spiro atoms. The number of amides is 1. The third-order valence-corrected chi connectivity index (χ3v) is 3.75. The van der Waals surface area contributed by atoms with E-state index in [1.807, 2.05) is 6.92 Å². The van der Waals surface area contributed by atoms with Crippen molar-refractivity contribution in [2.24, 2.45) is 0 Å². The highest BCUT2D eigenvalue weighted by atomic mass is 16.5. The zero-order valence-electron chi connectivity index (χ0n) is 14.6. The molecule has 0 saturated carbocycles. The number of carbonyl (C=O) groups is 2. The molecule has 0 radical (unpaired) electrons. The summed E-state index contributed by atoms with van der Waals surface area (Å²) in [7, 11) is 1.55. The van der Waals surface area contributed by atoms with Crippen LogP contribution in [0, 0.1) is 13.8 Å². The summed E-state index contributed by atoms with van der Waals surface area (Å²) in [6.45, 7) is 7.36. The smallest absolute Gasteiger partial charge is 0.272 e. The van der Waals surface area contributed by atoms with Gasteiger partial charge < -0.3 is 19.8 Å². The van der Waals surface area contributed by atoms with Crippen LogP contribution in [-0.4, -0.2) is 30.4 Å². The lowest BCUT2D eigenvalue weighted by Crippen LogP contribution is -2.15. The number of ether oxygens (including phenoxy) is 2. The van der Waals surface area contributed by atoms with Crippen molar-refractivity contribution in [3.05, 3.63) is 40.7 Å². The lowest BCUT2D eigenvalue weighted by molar-refractivity contribution is 0.101. The molecule has 1 aromatic heterocycles. The summed E-state index contributed by atoms with van der Waals surface area (Å²) in [5.74, 6) is 0.755. The predicted octanol–water partition coefficient (Wildman–Crippen LogP) is 3.49. The van der Waals surface area contributed by atoms with Gasteiger partial charge in [-0.25, -0.2) is 0 Å². The van der Waals surface area contributed by atoms with E-state index in [1.165, 1.54) is 6.92 Å². The summed E-state index contributed by atoms with van der Waals surface area (Å²) in [5.41, 5.74) is 2.75. The van der Waals surface area contributed by atoms with Crippen molar-refractivity contribution in [3.8, 4) is 11.5 Å². The van der Waals surface area contributed by atoms with Gasteiger partial charge in [-0.15, -0.1) is 0 Å². The fourth-order valence-corrected chi connectivity index (χ4v) is 2.71. The average molecular weight is 330 g/mol. The number of H-pyrrole nitrogens is 1. The zero-order chi connectivity index (χ0) is 17.9. The summed E-state index contributed by atoms with van der Waals surface area (Å²) in [6.07, 6.45) is 0. The zero-order valence-corrected chi connectivity index (χ0v) is 14.6. The van der Waals surface area contributed by atoms with Crippen molar-refractivity contribution in [2.75, 3.05) is 19.0 Å². The highest BCUT2D eigenvalue weighted by Gasteiger charge is 2.20. The van der Waals surface area contributed by atoms with E-state index in [-0.39, 0.29) is 11.7 Å². The van der Waals surface area contributed by atoms with E-state index in [0.29, 0.717) is 46.3 Å². The molecule has 1 amide bonds. The van der Waals surface area contributed by atoms with E-state index in [4.69, 9.17) is 9.47 Å². The molecule has 0 aliphatic rings. The Labute approximate surface area is 141 Å². The van der Waals surface area contributed by atoms with E-state index in [2.05, 4.69) is 10.3 Å². The van der Waals surface area contributed by atoms with Crippen LogP contribution < -0.4 is 14.8 Å². The summed E-state index contributed by atoms with van der Waals surface area (Å²) >= 11 is 0. The number of hydrogen-bond acceptors (Lipinski definition) is 4. The number of aromatic nitrogens is 1. The first-order valence-electron chi connectivity index (χ1n) is 7.71. The minimum Gasteiger partial charge on any atom is -0.497 e. The molecule has 128 valence electrons. The fourth-order valence-electron chi connectivity index (χ4n) is 2.71. The van der Waals surface area contributed by atoms with Crippen molar-refractivity contribution in [2.45, 2.75) is 27.7 Å². The standard InChI is InChI=1S/C18H22N2O4/c1-6-24-15-8-7-13(23-5)9-14(15)20-18(22)17-10(2)16(12(4)21)11(3)19-17/h7-9,19H,6H2,1-5H3,(H,20,22). The van der Waals surface area contributed by atoms with Gasteiger partial charge in [-0.05, 0) is 45.4 Å². The van der Waals surface area contributed by atoms with Crippen LogP contribution in [0.3, 0.4) is 0 Å². The second-order valence-electron chi connectivity index (χ2n) is 5.43. The van der Waals surface area contributed by atoms with Crippen LogP contribution in [-0.2, 0) is 0 Å². The van der Waals surface area contributed by atoms with Crippen LogP contribution in [0.15, 0.2) is 18.2 Å². The molecular formula is C18H22N2O4. The van der Waals surface area contributed by atoms with Crippen LogP contribution in [0.4, 0.5) is 5.69 Å². The monoisotopic (exact) mass is 330 g/mol. The quantitative estimate of drug-likeness (QED) is 0.795. The molecule has 0 fully saturated rings. The molecule has 2 aromatic rings. The van der Waals surface area contributed by atoms with Crippen molar-refractivity contribution in [3.63, 3.8) is 0 Å². The first-order chi connectivity index (χ1) is 11.4. The number of rotatable bonds is 6. The minimum absolute atomic E-state index is 0.0725. The molecule has 0 aliphatic heterocycles. The van der Waals surface area contributed by atoms with Crippen LogP contribution >= 0.6 is 0 Å². The van der Waals surface area contributed by atoms with E-state index in [1.54, 1.807) is 39.2 Å². The molecule has 0 bridgehead atoms. The molecule has 1 heterocycles. The van der Waals surface area contributed by atoms with Gasteiger partial charge in [0.15, 0.2) is 5.78 Å². The van der Waals surface area contributed by atoms with Crippen molar-refractivity contribution in [1.82, 2.24) is 4.98 Å². The number of benzene rings is 1. The summed E-state index contributed by atoms with van der Waals surface area (Å²) in [4.78, 5) is 27.3. The third kappa shape index (κ3) is 3.42. The van der Waals surface area contributed by atoms with E-state index < -0.39 is 0 Å². The van der Waals surface area contributed by atoms with Crippen LogP contribution in [0.1, 0.15) is 46.0 Å². The Morgan fingerprint density at radius 3 is 2.50 bits per heavy atom. The minimum atomic E-state index is -0.336. The van der Waals surface area contributed by atoms with E-state index in [0.717, 1.165) is 0 Å². The third-order valence-electron chi connectivity index (χ3n) is 3.75. The highest BCUT2D eigenvalue weighted by molar-refractivity contribution is 6.08. The van der Waals surface area contributed by atoms with Gasteiger partial charge in [0.2, 0.25) is 0 Å². The molecule has 0 atom stereocenters. The molecule has 0 unspecified atom stereocenters. The number of anilines is 1. The van der Waals surface area contributed by atoms with E-state index >= 15 is 0 Å². The average Bonchev–Trinajstić information content (AvgIpc) is 2.84. The van der Waals surface area contributed by atoms with E-state index in [9.17, 15) is 9.59 Å².